The lowest BCUT2D eigenvalue weighted by Gasteiger charge is -2.24. The molecule has 2 atom stereocenters. The smallest absolute Gasteiger partial charge is 0.408 e. The molecule has 0 aliphatic heterocycles. The molecule has 0 aliphatic carbocycles. The molecule has 96 valence electrons. The molecular weight excluding hydrogens is 210 g/mol. The Balaban J connectivity index is 4.13. The topological polar surface area (TPSA) is 67.8 Å². The van der Waals surface area contributed by atoms with Gasteiger partial charge in [-0.2, -0.15) is 0 Å². The molecule has 0 spiro atoms. The maximum atomic E-state index is 11.4. The summed E-state index contributed by atoms with van der Waals surface area (Å²) >= 11 is 0. The number of ether oxygens (including phenoxy) is 2. The average molecular weight is 233 g/mol. The van der Waals surface area contributed by atoms with Crippen molar-refractivity contribution < 1.29 is 19.4 Å². The van der Waals surface area contributed by atoms with Crippen molar-refractivity contribution in [1.82, 2.24) is 5.32 Å². The van der Waals surface area contributed by atoms with Crippen LogP contribution in [0.3, 0.4) is 0 Å². The normalized spacial score (nSPS) is 15.4. The summed E-state index contributed by atoms with van der Waals surface area (Å²) in [4.78, 5) is 11.4. The third-order valence-corrected chi connectivity index (χ3v) is 1.79. The van der Waals surface area contributed by atoms with E-state index in [9.17, 15) is 9.90 Å². The van der Waals surface area contributed by atoms with Crippen LogP contribution < -0.4 is 5.32 Å². The standard InChI is InChI=1S/C11H23NO4/c1-6-15-7-9(8(2)13)12-10(14)16-11(3,4)5/h8-9,13H,6-7H2,1-5H3,(H,12,14)/t8-,9-/m0/s1. The number of carbonyl (C=O) groups is 1. The van der Waals surface area contributed by atoms with Crippen LogP contribution >= 0.6 is 0 Å². The van der Waals surface area contributed by atoms with Crippen LogP contribution in [0.5, 0.6) is 0 Å². The minimum Gasteiger partial charge on any atom is -0.444 e. The van der Waals surface area contributed by atoms with E-state index in [0.29, 0.717) is 6.61 Å². The van der Waals surface area contributed by atoms with Crippen LogP contribution in [0.1, 0.15) is 34.6 Å². The average Bonchev–Trinajstić information content (AvgIpc) is 2.08. The molecule has 0 saturated carbocycles. The second kappa shape index (κ2) is 6.70. The summed E-state index contributed by atoms with van der Waals surface area (Å²) in [5.74, 6) is 0. The number of hydrogen-bond acceptors (Lipinski definition) is 4. The molecule has 0 aromatic carbocycles. The lowest BCUT2D eigenvalue weighted by Crippen LogP contribution is -2.47. The Kier molecular flexibility index (Phi) is 6.36. The molecule has 0 unspecified atom stereocenters. The van der Waals surface area contributed by atoms with Gasteiger partial charge in [0.05, 0.1) is 18.8 Å². The van der Waals surface area contributed by atoms with Crippen molar-refractivity contribution in [3.05, 3.63) is 0 Å². The van der Waals surface area contributed by atoms with Crippen LogP contribution in [0.25, 0.3) is 0 Å². The van der Waals surface area contributed by atoms with Gasteiger partial charge in [-0.3, -0.25) is 0 Å². The third-order valence-electron chi connectivity index (χ3n) is 1.79. The van der Waals surface area contributed by atoms with E-state index < -0.39 is 23.8 Å². The largest absolute Gasteiger partial charge is 0.444 e. The Morgan fingerprint density at radius 3 is 2.38 bits per heavy atom. The highest BCUT2D eigenvalue weighted by Crippen LogP contribution is 2.07. The van der Waals surface area contributed by atoms with E-state index in [2.05, 4.69) is 5.32 Å². The van der Waals surface area contributed by atoms with E-state index >= 15 is 0 Å². The van der Waals surface area contributed by atoms with Crippen molar-refractivity contribution in [2.45, 2.75) is 52.4 Å². The summed E-state index contributed by atoms with van der Waals surface area (Å²) in [6.45, 7) is 9.62. The zero-order chi connectivity index (χ0) is 12.8. The van der Waals surface area contributed by atoms with Crippen molar-refractivity contribution >= 4 is 6.09 Å². The number of aliphatic hydroxyl groups excluding tert-OH is 1. The molecule has 0 bridgehead atoms. The molecule has 0 aliphatic rings. The predicted molar refractivity (Wildman–Crippen MR) is 61.3 cm³/mol. The number of aliphatic hydroxyl groups is 1. The van der Waals surface area contributed by atoms with E-state index in [1.54, 1.807) is 27.7 Å². The van der Waals surface area contributed by atoms with E-state index in [0.717, 1.165) is 0 Å². The number of hydrogen-bond donors (Lipinski definition) is 2. The predicted octanol–water partition coefficient (Wildman–Crippen LogP) is 1.30. The van der Waals surface area contributed by atoms with Crippen LogP contribution in [0.15, 0.2) is 0 Å². The number of carbonyl (C=O) groups excluding carboxylic acids is 1. The maximum Gasteiger partial charge on any atom is 0.408 e. The fraction of sp³-hybridized carbons (Fsp3) is 0.909. The van der Waals surface area contributed by atoms with Crippen molar-refractivity contribution in [3.8, 4) is 0 Å². The highest BCUT2D eigenvalue weighted by atomic mass is 16.6. The van der Waals surface area contributed by atoms with Gasteiger partial charge in [0.15, 0.2) is 0 Å². The maximum absolute atomic E-state index is 11.4. The minimum atomic E-state index is -0.681. The van der Waals surface area contributed by atoms with Crippen molar-refractivity contribution in [3.63, 3.8) is 0 Å². The highest BCUT2D eigenvalue weighted by molar-refractivity contribution is 5.68. The van der Waals surface area contributed by atoms with Crippen LogP contribution in [-0.2, 0) is 9.47 Å². The quantitative estimate of drug-likeness (QED) is 0.751. The van der Waals surface area contributed by atoms with Crippen LogP contribution in [0, 0.1) is 0 Å². The van der Waals surface area contributed by atoms with Gasteiger partial charge in [-0.1, -0.05) is 0 Å². The molecule has 0 fully saturated rings. The first-order valence-electron chi connectivity index (χ1n) is 5.51. The molecule has 0 heterocycles. The Hall–Kier alpha value is -0.810. The molecular formula is C11H23NO4. The molecule has 0 saturated heterocycles. The fourth-order valence-electron chi connectivity index (χ4n) is 1.01. The lowest BCUT2D eigenvalue weighted by molar-refractivity contribution is 0.0284. The van der Waals surface area contributed by atoms with Gasteiger partial charge in [0.2, 0.25) is 0 Å². The summed E-state index contributed by atoms with van der Waals surface area (Å²) in [6.07, 6.45) is -1.22. The van der Waals surface area contributed by atoms with E-state index in [4.69, 9.17) is 9.47 Å². The van der Waals surface area contributed by atoms with E-state index in [1.165, 1.54) is 0 Å². The Labute approximate surface area is 97.1 Å². The number of amides is 1. The summed E-state index contributed by atoms with van der Waals surface area (Å²) in [5, 5.41) is 12.0. The van der Waals surface area contributed by atoms with Gasteiger partial charge < -0.3 is 19.9 Å². The van der Waals surface area contributed by atoms with Gasteiger partial charge in [-0.05, 0) is 34.6 Å². The molecule has 0 aromatic rings. The summed E-state index contributed by atoms with van der Waals surface area (Å²) in [5.41, 5.74) is -0.543. The van der Waals surface area contributed by atoms with Gasteiger partial charge >= 0.3 is 6.09 Å². The summed E-state index contributed by atoms with van der Waals surface area (Å²) in [7, 11) is 0. The van der Waals surface area contributed by atoms with Gasteiger partial charge in [-0.25, -0.2) is 4.79 Å². The monoisotopic (exact) mass is 233 g/mol. The Morgan fingerprint density at radius 2 is 2.00 bits per heavy atom. The summed E-state index contributed by atoms with van der Waals surface area (Å²) in [6, 6.07) is -0.449. The second-order valence-electron chi connectivity index (χ2n) is 4.65. The highest BCUT2D eigenvalue weighted by Gasteiger charge is 2.22. The van der Waals surface area contributed by atoms with Gasteiger partial charge in [0.1, 0.15) is 5.60 Å². The Bertz CT molecular complexity index is 211. The van der Waals surface area contributed by atoms with Gasteiger partial charge in [-0.15, -0.1) is 0 Å². The molecule has 5 nitrogen and oxygen atoms in total. The van der Waals surface area contributed by atoms with Crippen LogP contribution in [0.2, 0.25) is 0 Å². The van der Waals surface area contributed by atoms with Crippen LogP contribution in [0.4, 0.5) is 4.79 Å². The zero-order valence-corrected chi connectivity index (χ0v) is 10.7. The molecule has 16 heavy (non-hydrogen) atoms. The van der Waals surface area contributed by atoms with Gasteiger partial charge in [0, 0.05) is 6.61 Å². The van der Waals surface area contributed by atoms with E-state index in [1.807, 2.05) is 6.92 Å². The van der Waals surface area contributed by atoms with Crippen molar-refractivity contribution in [2.24, 2.45) is 0 Å². The molecule has 1 amide bonds. The fourth-order valence-corrected chi connectivity index (χ4v) is 1.01. The molecule has 0 rings (SSSR count). The Morgan fingerprint density at radius 1 is 1.44 bits per heavy atom. The minimum absolute atomic E-state index is 0.271. The SMILES string of the molecule is CCOC[C@H](NC(=O)OC(C)(C)C)[C@H](C)O. The van der Waals surface area contributed by atoms with Crippen LogP contribution in [-0.4, -0.2) is 42.2 Å². The third kappa shape index (κ3) is 7.48. The molecule has 0 radical (unpaired) electrons. The first-order chi connectivity index (χ1) is 7.26. The first-order valence-corrected chi connectivity index (χ1v) is 5.51. The van der Waals surface area contributed by atoms with Gasteiger partial charge in [0.25, 0.3) is 0 Å². The second-order valence-corrected chi connectivity index (χ2v) is 4.65. The zero-order valence-electron chi connectivity index (χ0n) is 10.7. The van der Waals surface area contributed by atoms with Crippen molar-refractivity contribution in [1.29, 1.82) is 0 Å². The molecule has 2 N–H and O–H groups in total. The lowest BCUT2D eigenvalue weighted by atomic mass is 10.2. The molecule has 0 aromatic heterocycles. The summed E-state index contributed by atoms with van der Waals surface area (Å²) < 4.78 is 10.2. The van der Waals surface area contributed by atoms with E-state index in [-0.39, 0.29) is 6.61 Å². The van der Waals surface area contributed by atoms with Crippen molar-refractivity contribution in [2.75, 3.05) is 13.2 Å². The first kappa shape index (κ1) is 15.2. The number of nitrogens with one attached hydrogen (secondary N) is 1. The molecule has 5 heteroatoms. The number of rotatable bonds is 5. The number of alkyl carbamates (subject to hydrolysis) is 1.